The Labute approximate surface area is 198 Å². The largest absolute Gasteiger partial charge is 0.418 e. The van der Waals surface area contributed by atoms with Crippen LogP contribution in [0, 0.1) is 0 Å². The molecule has 1 saturated heterocycles. The van der Waals surface area contributed by atoms with Crippen LogP contribution in [-0.4, -0.2) is 27.6 Å². The monoisotopic (exact) mass is 548 g/mol. The third-order valence-corrected chi connectivity index (χ3v) is 6.25. The molecule has 0 saturated carbocycles. The molecule has 31 heavy (non-hydrogen) atoms. The normalized spacial score (nSPS) is 15.6. The molecule has 162 valence electrons. The van der Waals surface area contributed by atoms with Gasteiger partial charge in [0.2, 0.25) is 5.91 Å². The van der Waals surface area contributed by atoms with Crippen LogP contribution in [0.4, 0.5) is 18.9 Å². The third-order valence-electron chi connectivity index (χ3n) is 4.14. The van der Waals surface area contributed by atoms with Crippen molar-refractivity contribution in [3.63, 3.8) is 0 Å². The Bertz CT molecular complexity index is 1090. The fourth-order valence-electron chi connectivity index (χ4n) is 2.73. The van der Waals surface area contributed by atoms with Crippen LogP contribution in [0.3, 0.4) is 0 Å². The smallest absolute Gasteiger partial charge is 0.325 e. The van der Waals surface area contributed by atoms with Crippen molar-refractivity contribution in [1.29, 1.82) is 0 Å². The van der Waals surface area contributed by atoms with Gasteiger partial charge >= 0.3 is 6.18 Å². The summed E-state index contributed by atoms with van der Waals surface area (Å²) in [5.74, 6) is -1.04. The third kappa shape index (κ3) is 6.09. The first-order chi connectivity index (χ1) is 14.5. The number of carbonyl (C=O) groups is 2. The first kappa shape index (κ1) is 23.8. The van der Waals surface area contributed by atoms with Crippen LogP contribution in [-0.2, 0) is 15.8 Å². The van der Waals surface area contributed by atoms with Gasteiger partial charge < -0.3 is 5.32 Å². The fourth-order valence-corrected chi connectivity index (χ4v) is 4.62. The fraction of sp³-hybridized carbons (Fsp3) is 0.150. The number of carbonyl (C=O) groups excluding carboxylic acids is 2. The number of hydrogen-bond donors (Lipinski definition) is 1. The average Bonchev–Trinajstić information content (AvgIpc) is 2.93. The van der Waals surface area contributed by atoms with Crippen LogP contribution >= 0.6 is 51.5 Å². The molecule has 1 aliphatic rings. The molecule has 1 heterocycles. The van der Waals surface area contributed by atoms with Gasteiger partial charge in [-0.15, -0.1) is 0 Å². The van der Waals surface area contributed by atoms with E-state index in [1.807, 2.05) is 24.3 Å². The highest BCUT2D eigenvalue weighted by molar-refractivity contribution is 9.10. The summed E-state index contributed by atoms with van der Waals surface area (Å²) in [6.45, 7) is -0.0543. The van der Waals surface area contributed by atoms with Crippen LogP contribution in [0.5, 0.6) is 0 Å². The van der Waals surface area contributed by atoms with E-state index < -0.39 is 23.3 Å². The summed E-state index contributed by atoms with van der Waals surface area (Å²) in [6.07, 6.45) is -3.22. The van der Waals surface area contributed by atoms with E-state index in [-0.39, 0.29) is 28.2 Å². The molecule has 0 bridgehead atoms. The lowest BCUT2D eigenvalue weighted by Crippen LogP contribution is -2.31. The van der Waals surface area contributed by atoms with Gasteiger partial charge in [-0.1, -0.05) is 63.6 Å². The minimum Gasteiger partial charge on any atom is -0.325 e. The number of nitrogens with zero attached hydrogens (tertiary/aromatic N) is 1. The molecule has 0 unspecified atom stereocenters. The van der Waals surface area contributed by atoms with Crippen molar-refractivity contribution < 1.29 is 22.8 Å². The summed E-state index contributed by atoms with van der Waals surface area (Å²) >= 11 is 15.3. The van der Waals surface area contributed by atoms with E-state index in [0.29, 0.717) is 4.91 Å². The van der Waals surface area contributed by atoms with Crippen molar-refractivity contribution in [2.45, 2.75) is 12.6 Å². The maximum Gasteiger partial charge on any atom is 0.418 e. The molecule has 3 rings (SSSR count). The van der Waals surface area contributed by atoms with Crippen molar-refractivity contribution >= 4 is 79.4 Å². The second-order valence-corrected chi connectivity index (χ2v) is 9.40. The Morgan fingerprint density at radius 2 is 2.00 bits per heavy atom. The number of thioether (sulfide) groups is 1. The first-order valence-electron chi connectivity index (χ1n) is 8.72. The van der Waals surface area contributed by atoms with E-state index in [2.05, 4.69) is 21.2 Å². The number of thiocarbonyl (C=S) groups is 1. The van der Waals surface area contributed by atoms with Gasteiger partial charge in [0.05, 0.1) is 16.2 Å². The average molecular weight is 550 g/mol. The van der Waals surface area contributed by atoms with Gasteiger partial charge in [-0.3, -0.25) is 14.5 Å². The predicted molar refractivity (Wildman–Crippen MR) is 124 cm³/mol. The van der Waals surface area contributed by atoms with Crippen LogP contribution in [0.2, 0.25) is 5.02 Å². The van der Waals surface area contributed by atoms with E-state index in [0.717, 1.165) is 33.9 Å². The van der Waals surface area contributed by atoms with E-state index in [9.17, 15) is 22.8 Å². The Balaban J connectivity index is 1.66. The van der Waals surface area contributed by atoms with Gasteiger partial charge in [-0.25, -0.2) is 0 Å². The highest BCUT2D eigenvalue weighted by atomic mass is 79.9. The molecule has 2 aromatic carbocycles. The number of rotatable bonds is 5. The van der Waals surface area contributed by atoms with Gasteiger partial charge in [0, 0.05) is 22.5 Å². The molecule has 0 spiro atoms. The predicted octanol–water partition coefficient (Wildman–Crippen LogP) is 6.35. The van der Waals surface area contributed by atoms with Gasteiger partial charge in [-0.05, 0) is 42.0 Å². The highest BCUT2D eigenvalue weighted by Crippen LogP contribution is 2.37. The molecule has 11 heteroatoms. The molecule has 1 N–H and O–H groups in total. The molecule has 1 fully saturated rings. The number of hydrogen-bond acceptors (Lipinski definition) is 4. The lowest BCUT2D eigenvalue weighted by atomic mass is 10.1. The van der Waals surface area contributed by atoms with Crippen molar-refractivity contribution in [2.24, 2.45) is 0 Å². The maximum absolute atomic E-state index is 13.2. The number of alkyl halides is 3. The minimum atomic E-state index is -4.68. The zero-order valence-electron chi connectivity index (χ0n) is 15.5. The van der Waals surface area contributed by atoms with Crippen molar-refractivity contribution in [3.05, 3.63) is 68.0 Å². The first-order valence-corrected chi connectivity index (χ1v) is 11.1. The molecule has 4 nitrogen and oxygen atoms in total. The number of nitrogens with one attached hydrogen (secondary N) is 1. The molecule has 0 aliphatic carbocycles. The summed E-state index contributed by atoms with van der Waals surface area (Å²) < 4.78 is 40.6. The summed E-state index contributed by atoms with van der Waals surface area (Å²) in [6, 6.07) is 10.4. The Morgan fingerprint density at radius 3 is 2.68 bits per heavy atom. The molecule has 1 aliphatic heterocycles. The van der Waals surface area contributed by atoms with Crippen molar-refractivity contribution in [3.8, 4) is 0 Å². The number of amides is 2. The lowest BCUT2D eigenvalue weighted by molar-refractivity contribution is -0.137. The Hall–Kier alpha value is -1.88. The maximum atomic E-state index is 13.2. The summed E-state index contributed by atoms with van der Waals surface area (Å²) in [5, 5.41) is 2.13. The van der Waals surface area contributed by atoms with Crippen LogP contribution in [0.15, 0.2) is 51.8 Å². The van der Waals surface area contributed by atoms with Crippen LogP contribution < -0.4 is 5.32 Å². The number of anilines is 1. The topological polar surface area (TPSA) is 49.4 Å². The summed E-state index contributed by atoms with van der Waals surface area (Å²) in [4.78, 5) is 26.5. The molecule has 2 aromatic rings. The lowest BCUT2D eigenvalue weighted by Gasteiger charge is -2.16. The molecular formula is C20H13BrClF3N2O2S2. The quantitative estimate of drug-likeness (QED) is 0.349. The molecule has 2 amide bonds. The van der Waals surface area contributed by atoms with Gasteiger partial charge in [0.15, 0.2) is 0 Å². The van der Waals surface area contributed by atoms with Gasteiger partial charge in [-0.2, -0.15) is 13.2 Å². The number of halogens is 5. The SMILES string of the molecule is O=C(CCN1C(=O)/C(=C/c2cccc(Br)c2)SC1=S)Nc1ccc(Cl)cc1C(F)(F)F. The Morgan fingerprint density at radius 1 is 1.26 bits per heavy atom. The molecule has 0 radical (unpaired) electrons. The summed E-state index contributed by atoms with van der Waals surface area (Å²) in [5.41, 5.74) is -0.646. The van der Waals surface area contributed by atoms with Crippen molar-refractivity contribution in [2.75, 3.05) is 11.9 Å². The van der Waals surface area contributed by atoms with Crippen molar-refractivity contribution in [1.82, 2.24) is 4.90 Å². The zero-order chi connectivity index (χ0) is 22.8. The highest BCUT2D eigenvalue weighted by Gasteiger charge is 2.35. The minimum absolute atomic E-state index is 0.0543. The zero-order valence-corrected chi connectivity index (χ0v) is 19.5. The van der Waals surface area contributed by atoms with Crippen LogP contribution in [0.1, 0.15) is 17.5 Å². The standard InChI is InChI=1S/C20H13BrClF3N2O2S2/c21-12-3-1-2-11(8-12)9-16-18(29)27(19(30)31-16)7-6-17(28)26-15-5-4-13(22)10-14(15)20(23,24)25/h1-5,8-10H,6-7H2,(H,26,28)/b16-9-. The molecule has 0 aromatic heterocycles. The molecule has 0 atom stereocenters. The molecular weight excluding hydrogens is 537 g/mol. The van der Waals surface area contributed by atoms with E-state index >= 15 is 0 Å². The van der Waals surface area contributed by atoms with E-state index in [1.165, 1.54) is 11.0 Å². The second kappa shape index (κ2) is 9.72. The van der Waals surface area contributed by atoms with Gasteiger partial charge in [0.1, 0.15) is 4.32 Å². The Kier molecular flexibility index (Phi) is 7.46. The van der Waals surface area contributed by atoms with Crippen LogP contribution in [0.25, 0.3) is 6.08 Å². The second-order valence-electron chi connectivity index (χ2n) is 6.37. The van der Waals surface area contributed by atoms with E-state index in [4.69, 9.17) is 23.8 Å². The number of benzene rings is 2. The van der Waals surface area contributed by atoms with Gasteiger partial charge in [0.25, 0.3) is 5.91 Å². The summed E-state index contributed by atoms with van der Waals surface area (Å²) in [7, 11) is 0. The van der Waals surface area contributed by atoms with E-state index in [1.54, 1.807) is 6.08 Å².